The summed E-state index contributed by atoms with van der Waals surface area (Å²) in [4.78, 5) is 23.6. The fraction of sp³-hybridized carbons (Fsp3) is 0.0667. The molecule has 114 valence electrons. The lowest BCUT2D eigenvalue weighted by Crippen LogP contribution is -2.16. The van der Waals surface area contributed by atoms with Crippen LogP contribution in [-0.4, -0.2) is 11.9 Å². The number of para-hydroxylation sites is 1. The SMILES string of the molecule is CC(=O)Oc1c(I)cc(I)cc1C(=O)Nc1ccccc1F. The van der Waals surface area contributed by atoms with Crippen molar-refractivity contribution in [3.05, 3.63) is 54.9 Å². The Morgan fingerprint density at radius 2 is 1.86 bits per heavy atom. The zero-order valence-electron chi connectivity index (χ0n) is 11.3. The van der Waals surface area contributed by atoms with Crippen molar-refractivity contribution < 1.29 is 18.7 Å². The minimum atomic E-state index is -0.544. The zero-order valence-corrected chi connectivity index (χ0v) is 15.6. The van der Waals surface area contributed by atoms with E-state index >= 15 is 0 Å². The Kier molecular flexibility index (Phi) is 5.73. The molecule has 0 bridgehead atoms. The molecule has 1 N–H and O–H groups in total. The lowest BCUT2D eigenvalue weighted by atomic mass is 10.2. The number of nitrogens with one attached hydrogen (secondary N) is 1. The highest BCUT2D eigenvalue weighted by Gasteiger charge is 2.19. The maximum absolute atomic E-state index is 13.6. The molecule has 7 heteroatoms. The molecule has 0 heterocycles. The third-order valence-electron chi connectivity index (χ3n) is 2.62. The van der Waals surface area contributed by atoms with Gasteiger partial charge >= 0.3 is 5.97 Å². The first-order valence-electron chi connectivity index (χ1n) is 6.12. The summed E-state index contributed by atoms with van der Waals surface area (Å²) in [6.07, 6.45) is 0. The van der Waals surface area contributed by atoms with Crippen LogP contribution in [0.5, 0.6) is 5.75 Å². The molecule has 0 atom stereocenters. The van der Waals surface area contributed by atoms with Gasteiger partial charge in [0.15, 0.2) is 5.75 Å². The first-order chi connectivity index (χ1) is 10.4. The number of rotatable bonds is 3. The Hall–Kier alpha value is -1.23. The molecule has 0 aromatic heterocycles. The summed E-state index contributed by atoms with van der Waals surface area (Å²) in [6.45, 7) is 1.26. The lowest BCUT2D eigenvalue weighted by molar-refractivity contribution is -0.131. The number of carbonyl (C=O) groups is 2. The largest absolute Gasteiger partial charge is 0.425 e. The van der Waals surface area contributed by atoms with Crippen molar-refractivity contribution in [1.82, 2.24) is 0 Å². The van der Waals surface area contributed by atoms with Crippen molar-refractivity contribution in [3.63, 3.8) is 0 Å². The fourth-order valence-corrected chi connectivity index (χ4v) is 3.68. The number of anilines is 1. The van der Waals surface area contributed by atoms with Crippen LogP contribution in [0.4, 0.5) is 10.1 Å². The van der Waals surface area contributed by atoms with Gasteiger partial charge in [-0.05, 0) is 69.4 Å². The predicted molar refractivity (Wildman–Crippen MR) is 97.5 cm³/mol. The second-order valence-electron chi connectivity index (χ2n) is 4.29. The molecule has 0 aliphatic heterocycles. The van der Waals surface area contributed by atoms with Gasteiger partial charge in [0.05, 0.1) is 14.8 Å². The summed E-state index contributed by atoms with van der Waals surface area (Å²) >= 11 is 4.03. The number of amides is 1. The maximum Gasteiger partial charge on any atom is 0.308 e. The van der Waals surface area contributed by atoms with E-state index in [4.69, 9.17) is 4.74 Å². The van der Waals surface area contributed by atoms with Crippen LogP contribution in [0.2, 0.25) is 0 Å². The van der Waals surface area contributed by atoms with Gasteiger partial charge in [-0.1, -0.05) is 12.1 Å². The molecule has 0 aliphatic rings. The Labute approximate surface area is 153 Å². The van der Waals surface area contributed by atoms with Gasteiger partial charge in [-0.25, -0.2) is 4.39 Å². The van der Waals surface area contributed by atoms with E-state index in [0.717, 1.165) is 3.57 Å². The van der Waals surface area contributed by atoms with Crippen molar-refractivity contribution in [2.75, 3.05) is 5.32 Å². The summed E-state index contributed by atoms with van der Waals surface area (Å²) in [5.41, 5.74) is 0.241. The highest BCUT2D eigenvalue weighted by atomic mass is 127. The van der Waals surface area contributed by atoms with Gasteiger partial charge in [-0.15, -0.1) is 0 Å². The highest BCUT2D eigenvalue weighted by Crippen LogP contribution is 2.29. The van der Waals surface area contributed by atoms with Crippen molar-refractivity contribution >= 4 is 62.7 Å². The Balaban J connectivity index is 2.40. The first kappa shape index (κ1) is 17.1. The number of esters is 1. The second kappa shape index (κ2) is 7.36. The molecule has 0 unspecified atom stereocenters. The van der Waals surface area contributed by atoms with Crippen LogP contribution in [0.1, 0.15) is 17.3 Å². The predicted octanol–water partition coefficient (Wildman–Crippen LogP) is 4.21. The van der Waals surface area contributed by atoms with Crippen LogP contribution < -0.4 is 10.1 Å². The van der Waals surface area contributed by atoms with Gasteiger partial charge < -0.3 is 10.1 Å². The highest BCUT2D eigenvalue weighted by molar-refractivity contribution is 14.1. The van der Waals surface area contributed by atoms with Gasteiger partial charge in [0, 0.05) is 10.5 Å². The summed E-state index contributed by atoms with van der Waals surface area (Å²) in [6, 6.07) is 9.21. The minimum absolute atomic E-state index is 0.0649. The molecule has 0 saturated carbocycles. The number of hydrogen-bond donors (Lipinski definition) is 1. The van der Waals surface area contributed by atoms with Crippen molar-refractivity contribution in [3.8, 4) is 5.75 Å². The van der Waals surface area contributed by atoms with E-state index in [1.54, 1.807) is 18.2 Å². The smallest absolute Gasteiger partial charge is 0.308 e. The molecule has 4 nitrogen and oxygen atoms in total. The quantitative estimate of drug-likeness (QED) is 0.372. The number of halogens is 3. The average molecular weight is 525 g/mol. The van der Waals surface area contributed by atoms with Crippen LogP contribution in [0.3, 0.4) is 0 Å². The molecule has 0 spiro atoms. The van der Waals surface area contributed by atoms with Crippen LogP contribution >= 0.6 is 45.2 Å². The lowest BCUT2D eigenvalue weighted by Gasteiger charge is -2.12. The summed E-state index contributed by atoms with van der Waals surface area (Å²) in [5.74, 6) is -1.44. The molecule has 2 aromatic rings. The van der Waals surface area contributed by atoms with E-state index in [1.165, 1.54) is 25.1 Å². The summed E-state index contributed by atoms with van der Waals surface area (Å²) in [5, 5.41) is 2.48. The van der Waals surface area contributed by atoms with E-state index in [1.807, 2.05) is 22.6 Å². The Bertz CT molecular complexity index is 750. The molecule has 2 aromatic carbocycles. The van der Waals surface area contributed by atoms with Crippen molar-refractivity contribution in [2.24, 2.45) is 0 Å². The van der Waals surface area contributed by atoms with Gasteiger partial charge in [0.2, 0.25) is 0 Å². The summed E-state index contributed by atoms with van der Waals surface area (Å²) in [7, 11) is 0. The minimum Gasteiger partial charge on any atom is -0.425 e. The Morgan fingerprint density at radius 1 is 1.18 bits per heavy atom. The van der Waals surface area contributed by atoms with Gasteiger partial charge in [-0.2, -0.15) is 0 Å². The topological polar surface area (TPSA) is 55.4 Å². The molecule has 0 saturated heterocycles. The first-order valence-corrected chi connectivity index (χ1v) is 8.27. The number of carbonyl (C=O) groups excluding carboxylic acids is 2. The maximum atomic E-state index is 13.6. The zero-order chi connectivity index (χ0) is 16.3. The average Bonchev–Trinajstić information content (AvgIpc) is 2.43. The van der Waals surface area contributed by atoms with E-state index in [2.05, 4.69) is 27.9 Å². The van der Waals surface area contributed by atoms with Gasteiger partial charge in [-0.3, -0.25) is 9.59 Å². The van der Waals surface area contributed by atoms with E-state index in [-0.39, 0.29) is 17.0 Å². The third-order valence-corrected chi connectivity index (χ3v) is 4.04. The van der Waals surface area contributed by atoms with Crippen LogP contribution in [0, 0.1) is 13.0 Å². The molecule has 0 aliphatic carbocycles. The van der Waals surface area contributed by atoms with Crippen LogP contribution in [-0.2, 0) is 4.79 Å². The van der Waals surface area contributed by atoms with Gasteiger partial charge in [0.25, 0.3) is 5.91 Å². The van der Waals surface area contributed by atoms with Crippen LogP contribution in [0.15, 0.2) is 36.4 Å². The monoisotopic (exact) mass is 525 g/mol. The Morgan fingerprint density at radius 3 is 2.50 bits per heavy atom. The number of ether oxygens (including phenoxy) is 1. The number of benzene rings is 2. The molecular formula is C15H10FI2NO3. The fourth-order valence-electron chi connectivity index (χ4n) is 1.73. The standard InChI is InChI=1S/C15H10FI2NO3/c1-8(20)22-14-10(6-9(17)7-12(14)18)15(21)19-13-5-3-2-4-11(13)16/h2-7H,1H3,(H,19,21). The third kappa shape index (κ3) is 4.15. The molecule has 1 amide bonds. The molecule has 22 heavy (non-hydrogen) atoms. The van der Waals surface area contributed by atoms with E-state index in [9.17, 15) is 14.0 Å². The van der Waals surface area contributed by atoms with E-state index < -0.39 is 17.7 Å². The van der Waals surface area contributed by atoms with Gasteiger partial charge in [0.1, 0.15) is 5.82 Å². The van der Waals surface area contributed by atoms with Crippen LogP contribution in [0.25, 0.3) is 0 Å². The van der Waals surface area contributed by atoms with E-state index in [0.29, 0.717) is 3.57 Å². The number of hydrogen-bond acceptors (Lipinski definition) is 3. The molecule has 0 fully saturated rings. The summed E-state index contributed by atoms with van der Waals surface area (Å²) < 4.78 is 20.2. The normalized spacial score (nSPS) is 10.2. The second-order valence-corrected chi connectivity index (χ2v) is 6.70. The van der Waals surface area contributed by atoms with Crippen molar-refractivity contribution in [1.29, 1.82) is 0 Å². The molecule has 2 rings (SSSR count). The molecule has 0 radical (unpaired) electrons. The molecular weight excluding hydrogens is 515 g/mol. The van der Waals surface area contributed by atoms with Crippen molar-refractivity contribution in [2.45, 2.75) is 6.92 Å².